The SMILES string of the molecule is CNCCCC(=O)N(C)c1cccnc1.Cl.Cl. The van der Waals surface area contributed by atoms with Gasteiger partial charge in [0.1, 0.15) is 0 Å². The topological polar surface area (TPSA) is 45.2 Å². The fraction of sp³-hybridized carbons (Fsp3) is 0.455. The molecule has 0 bridgehead atoms. The number of halogens is 2. The van der Waals surface area contributed by atoms with Crippen LogP contribution in [0.3, 0.4) is 0 Å². The van der Waals surface area contributed by atoms with Gasteiger partial charge in [0.25, 0.3) is 0 Å². The lowest BCUT2D eigenvalue weighted by Gasteiger charge is -2.16. The first-order valence-corrected chi connectivity index (χ1v) is 5.07. The number of amides is 1. The van der Waals surface area contributed by atoms with Gasteiger partial charge in [0.05, 0.1) is 11.9 Å². The van der Waals surface area contributed by atoms with Crippen LogP contribution in [0.25, 0.3) is 0 Å². The first kappa shape index (κ1) is 18.5. The van der Waals surface area contributed by atoms with Crippen molar-refractivity contribution in [2.75, 3.05) is 25.5 Å². The second-order valence-corrected chi connectivity index (χ2v) is 3.37. The summed E-state index contributed by atoms with van der Waals surface area (Å²) in [4.78, 5) is 17.3. The fourth-order valence-corrected chi connectivity index (χ4v) is 1.28. The van der Waals surface area contributed by atoms with Crippen molar-refractivity contribution >= 4 is 36.4 Å². The second-order valence-electron chi connectivity index (χ2n) is 3.37. The van der Waals surface area contributed by atoms with Crippen LogP contribution in [0, 0.1) is 0 Å². The van der Waals surface area contributed by atoms with Gasteiger partial charge in [-0.25, -0.2) is 0 Å². The summed E-state index contributed by atoms with van der Waals surface area (Å²) in [7, 11) is 3.66. The van der Waals surface area contributed by atoms with Gasteiger partial charge in [-0.1, -0.05) is 0 Å². The highest BCUT2D eigenvalue weighted by Gasteiger charge is 2.09. The molecule has 0 atom stereocenters. The van der Waals surface area contributed by atoms with Crippen LogP contribution in [0.2, 0.25) is 0 Å². The van der Waals surface area contributed by atoms with E-state index in [0.717, 1.165) is 18.7 Å². The minimum atomic E-state index is 0. The number of aromatic nitrogens is 1. The quantitative estimate of drug-likeness (QED) is 0.838. The predicted octanol–water partition coefficient (Wildman–Crippen LogP) is 1.89. The molecular formula is C11H19Cl2N3O. The third-order valence-corrected chi connectivity index (χ3v) is 2.22. The Bertz CT molecular complexity index is 309. The Labute approximate surface area is 115 Å². The molecule has 0 aromatic carbocycles. The second kappa shape index (κ2) is 10.3. The molecule has 1 rings (SSSR count). The van der Waals surface area contributed by atoms with Crippen molar-refractivity contribution in [3.63, 3.8) is 0 Å². The van der Waals surface area contributed by atoms with E-state index in [0.29, 0.717) is 6.42 Å². The fourth-order valence-electron chi connectivity index (χ4n) is 1.28. The third-order valence-electron chi connectivity index (χ3n) is 2.22. The molecule has 0 aliphatic heterocycles. The predicted molar refractivity (Wildman–Crippen MR) is 75.3 cm³/mol. The average molecular weight is 280 g/mol. The third kappa shape index (κ3) is 6.46. The Hall–Kier alpha value is -0.840. The number of nitrogens with zero attached hydrogens (tertiary/aromatic N) is 2. The number of hydrogen-bond donors (Lipinski definition) is 1. The average Bonchev–Trinajstić information content (AvgIpc) is 2.29. The molecular weight excluding hydrogens is 261 g/mol. The Kier molecular flexibility index (Phi) is 11.2. The van der Waals surface area contributed by atoms with Crippen LogP contribution < -0.4 is 10.2 Å². The Morgan fingerprint density at radius 3 is 2.71 bits per heavy atom. The van der Waals surface area contributed by atoms with Gasteiger partial charge in [-0.3, -0.25) is 9.78 Å². The summed E-state index contributed by atoms with van der Waals surface area (Å²) in [6, 6.07) is 3.70. The van der Waals surface area contributed by atoms with Crippen molar-refractivity contribution in [3.8, 4) is 0 Å². The van der Waals surface area contributed by atoms with E-state index in [1.165, 1.54) is 0 Å². The van der Waals surface area contributed by atoms with Crippen LogP contribution in [-0.2, 0) is 4.79 Å². The molecule has 1 amide bonds. The van der Waals surface area contributed by atoms with E-state index in [-0.39, 0.29) is 30.7 Å². The smallest absolute Gasteiger partial charge is 0.226 e. The largest absolute Gasteiger partial charge is 0.320 e. The maximum Gasteiger partial charge on any atom is 0.226 e. The molecule has 0 saturated carbocycles. The highest BCUT2D eigenvalue weighted by atomic mass is 35.5. The molecule has 0 fully saturated rings. The van der Waals surface area contributed by atoms with Crippen molar-refractivity contribution in [2.45, 2.75) is 12.8 Å². The lowest BCUT2D eigenvalue weighted by Crippen LogP contribution is -2.26. The summed E-state index contributed by atoms with van der Waals surface area (Å²) in [6.45, 7) is 0.868. The Balaban J connectivity index is 0. The van der Waals surface area contributed by atoms with Crippen molar-refractivity contribution in [2.24, 2.45) is 0 Å². The van der Waals surface area contributed by atoms with E-state index in [4.69, 9.17) is 0 Å². The van der Waals surface area contributed by atoms with Gasteiger partial charge in [0.2, 0.25) is 5.91 Å². The Morgan fingerprint density at radius 1 is 1.47 bits per heavy atom. The maximum atomic E-state index is 11.7. The van der Waals surface area contributed by atoms with Crippen molar-refractivity contribution in [1.82, 2.24) is 10.3 Å². The van der Waals surface area contributed by atoms with Gasteiger partial charge in [-0.15, -0.1) is 24.8 Å². The highest BCUT2D eigenvalue weighted by Crippen LogP contribution is 2.10. The van der Waals surface area contributed by atoms with Crippen molar-refractivity contribution in [1.29, 1.82) is 0 Å². The minimum absolute atomic E-state index is 0. The number of carbonyl (C=O) groups is 1. The zero-order chi connectivity index (χ0) is 11.1. The van der Waals surface area contributed by atoms with Gasteiger partial charge < -0.3 is 10.2 Å². The van der Waals surface area contributed by atoms with E-state index in [1.807, 2.05) is 19.2 Å². The molecule has 4 nitrogen and oxygen atoms in total. The Morgan fingerprint density at radius 2 is 2.18 bits per heavy atom. The summed E-state index contributed by atoms with van der Waals surface area (Å²) < 4.78 is 0. The monoisotopic (exact) mass is 279 g/mol. The number of carbonyl (C=O) groups excluding carboxylic acids is 1. The normalized spacial score (nSPS) is 8.82. The van der Waals surface area contributed by atoms with Crippen LogP contribution in [0.4, 0.5) is 5.69 Å². The minimum Gasteiger partial charge on any atom is -0.320 e. The lowest BCUT2D eigenvalue weighted by atomic mass is 10.2. The molecule has 98 valence electrons. The molecule has 0 spiro atoms. The van der Waals surface area contributed by atoms with Crippen LogP contribution in [0.15, 0.2) is 24.5 Å². The van der Waals surface area contributed by atoms with E-state index in [9.17, 15) is 4.79 Å². The molecule has 0 aliphatic carbocycles. The van der Waals surface area contributed by atoms with Gasteiger partial charge in [-0.2, -0.15) is 0 Å². The molecule has 6 heteroatoms. The van der Waals surface area contributed by atoms with E-state index < -0.39 is 0 Å². The number of pyridine rings is 1. The number of anilines is 1. The molecule has 1 N–H and O–H groups in total. The number of nitrogens with one attached hydrogen (secondary N) is 1. The molecule has 0 saturated heterocycles. The molecule has 1 aromatic rings. The van der Waals surface area contributed by atoms with Gasteiger partial charge in [0, 0.05) is 19.7 Å². The molecule has 1 aromatic heterocycles. The summed E-state index contributed by atoms with van der Waals surface area (Å²) in [5.41, 5.74) is 0.840. The zero-order valence-electron chi connectivity index (χ0n) is 10.0. The summed E-state index contributed by atoms with van der Waals surface area (Å²) in [5, 5.41) is 3.02. The van der Waals surface area contributed by atoms with Gasteiger partial charge >= 0.3 is 0 Å². The van der Waals surface area contributed by atoms with Crippen molar-refractivity contribution in [3.05, 3.63) is 24.5 Å². The molecule has 1 heterocycles. The van der Waals surface area contributed by atoms with E-state index >= 15 is 0 Å². The molecule has 0 radical (unpaired) electrons. The maximum absolute atomic E-state index is 11.7. The number of rotatable bonds is 5. The standard InChI is InChI=1S/C11H17N3O.2ClH/c1-12-7-4-6-11(15)14(2)10-5-3-8-13-9-10;;/h3,5,8-9,12H,4,6-7H2,1-2H3;2*1H. The van der Waals surface area contributed by atoms with Crippen LogP contribution >= 0.6 is 24.8 Å². The molecule has 17 heavy (non-hydrogen) atoms. The van der Waals surface area contributed by atoms with Crippen molar-refractivity contribution < 1.29 is 4.79 Å². The van der Waals surface area contributed by atoms with Gasteiger partial charge in [-0.05, 0) is 32.1 Å². The van der Waals surface area contributed by atoms with Crippen LogP contribution in [0.1, 0.15) is 12.8 Å². The van der Waals surface area contributed by atoms with E-state index in [1.54, 1.807) is 24.3 Å². The zero-order valence-corrected chi connectivity index (χ0v) is 11.7. The molecule has 0 aliphatic rings. The summed E-state index contributed by atoms with van der Waals surface area (Å²) in [5.74, 6) is 0.123. The number of hydrogen-bond acceptors (Lipinski definition) is 3. The van der Waals surface area contributed by atoms with Crippen LogP contribution in [-0.4, -0.2) is 31.5 Å². The molecule has 0 unspecified atom stereocenters. The van der Waals surface area contributed by atoms with Gasteiger partial charge in [0.15, 0.2) is 0 Å². The highest BCUT2D eigenvalue weighted by molar-refractivity contribution is 5.92. The first-order valence-electron chi connectivity index (χ1n) is 5.07. The first-order chi connectivity index (χ1) is 7.25. The summed E-state index contributed by atoms with van der Waals surface area (Å²) in [6.07, 6.45) is 4.81. The van der Waals surface area contributed by atoms with Crippen LogP contribution in [0.5, 0.6) is 0 Å². The lowest BCUT2D eigenvalue weighted by molar-refractivity contribution is -0.118. The summed E-state index contributed by atoms with van der Waals surface area (Å²) >= 11 is 0. The van der Waals surface area contributed by atoms with E-state index in [2.05, 4.69) is 10.3 Å².